The smallest absolute Gasteiger partial charge is 0.456 e. The van der Waals surface area contributed by atoms with E-state index in [4.69, 9.17) is 4.74 Å². The van der Waals surface area contributed by atoms with Crippen LogP contribution in [0.2, 0.25) is 0 Å². The molecule has 0 fully saturated rings. The lowest BCUT2D eigenvalue weighted by atomic mass is 10.0. The van der Waals surface area contributed by atoms with Gasteiger partial charge in [0.25, 0.3) is 0 Å². The molecule has 0 amide bonds. The molecular formula is C14H17F3O3. The Balaban J connectivity index is 3.02. The standard InChI is InChI=1S/C14H17F3O3/c1-5-9-8-10(19-14(15,16)17)6-7-11(9)12(18)20-13(2,3)4/h6-8H,5H2,1-4H3. The molecule has 0 radical (unpaired) electrons. The summed E-state index contributed by atoms with van der Waals surface area (Å²) in [5.74, 6) is -0.908. The number of hydrogen-bond acceptors (Lipinski definition) is 3. The maximum absolute atomic E-state index is 12.1. The van der Waals surface area contributed by atoms with Gasteiger partial charge in [-0.3, -0.25) is 0 Å². The zero-order chi connectivity index (χ0) is 15.6. The van der Waals surface area contributed by atoms with E-state index >= 15 is 0 Å². The van der Waals surface area contributed by atoms with E-state index in [2.05, 4.69) is 4.74 Å². The molecule has 1 rings (SSSR count). The second-order valence-electron chi connectivity index (χ2n) is 5.22. The number of halogens is 3. The third kappa shape index (κ3) is 5.11. The highest BCUT2D eigenvalue weighted by Gasteiger charge is 2.31. The fourth-order valence-electron chi connectivity index (χ4n) is 1.59. The first-order valence-electron chi connectivity index (χ1n) is 6.14. The maximum atomic E-state index is 12.1. The summed E-state index contributed by atoms with van der Waals surface area (Å²) in [5.41, 5.74) is 0.0291. The van der Waals surface area contributed by atoms with Crippen molar-refractivity contribution >= 4 is 5.97 Å². The Kier molecular flexibility index (Phi) is 4.68. The lowest BCUT2D eigenvalue weighted by Gasteiger charge is -2.20. The number of aryl methyl sites for hydroxylation is 1. The molecule has 0 heterocycles. The zero-order valence-corrected chi connectivity index (χ0v) is 11.8. The summed E-state index contributed by atoms with van der Waals surface area (Å²) in [6, 6.07) is 3.59. The van der Waals surface area contributed by atoms with Crippen LogP contribution in [0.4, 0.5) is 13.2 Å². The topological polar surface area (TPSA) is 35.5 Å². The normalized spacial score (nSPS) is 12.2. The lowest BCUT2D eigenvalue weighted by Crippen LogP contribution is -2.24. The van der Waals surface area contributed by atoms with Crippen LogP contribution in [0.1, 0.15) is 43.6 Å². The zero-order valence-electron chi connectivity index (χ0n) is 11.8. The molecule has 1 aromatic carbocycles. The van der Waals surface area contributed by atoms with Crippen molar-refractivity contribution in [3.63, 3.8) is 0 Å². The van der Waals surface area contributed by atoms with Crippen LogP contribution in [0.3, 0.4) is 0 Å². The van der Waals surface area contributed by atoms with Gasteiger partial charge in [0.2, 0.25) is 0 Å². The highest BCUT2D eigenvalue weighted by Crippen LogP contribution is 2.26. The van der Waals surface area contributed by atoms with Gasteiger partial charge in [0.1, 0.15) is 11.4 Å². The molecule has 112 valence electrons. The Morgan fingerprint density at radius 1 is 1.20 bits per heavy atom. The van der Waals surface area contributed by atoms with Crippen molar-refractivity contribution in [2.75, 3.05) is 0 Å². The van der Waals surface area contributed by atoms with E-state index in [0.717, 1.165) is 6.07 Å². The van der Waals surface area contributed by atoms with Crippen LogP contribution in [-0.4, -0.2) is 17.9 Å². The summed E-state index contributed by atoms with van der Waals surface area (Å²) in [4.78, 5) is 12.0. The average Bonchev–Trinajstić information content (AvgIpc) is 2.24. The third-order valence-electron chi connectivity index (χ3n) is 2.31. The number of carbonyl (C=O) groups excluding carboxylic acids is 1. The van der Waals surface area contributed by atoms with Crippen LogP contribution in [0, 0.1) is 0 Å². The molecule has 1 aromatic rings. The Morgan fingerprint density at radius 2 is 1.80 bits per heavy atom. The molecule has 0 saturated heterocycles. The molecule has 0 spiro atoms. The Labute approximate surface area is 115 Å². The first-order chi connectivity index (χ1) is 9.02. The summed E-state index contributed by atoms with van der Waals surface area (Å²) in [7, 11) is 0. The van der Waals surface area contributed by atoms with E-state index in [9.17, 15) is 18.0 Å². The fourth-order valence-corrected chi connectivity index (χ4v) is 1.59. The van der Waals surface area contributed by atoms with Crippen molar-refractivity contribution in [1.29, 1.82) is 0 Å². The van der Waals surface area contributed by atoms with Crippen LogP contribution in [-0.2, 0) is 11.2 Å². The van der Waals surface area contributed by atoms with Gasteiger partial charge in [-0.1, -0.05) is 6.92 Å². The van der Waals surface area contributed by atoms with Crippen molar-refractivity contribution < 1.29 is 27.4 Å². The molecular weight excluding hydrogens is 273 g/mol. The molecule has 6 heteroatoms. The summed E-state index contributed by atoms with van der Waals surface area (Å²) in [6.07, 6.45) is -4.36. The first kappa shape index (κ1) is 16.3. The minimum absolute atomic E-state index is 0.247. The van der Waals surface area contributed by atoms with Crippen LogP contribution >= 0.6 is 0 Å². The summed E-state index contributed by atoms with van der Waals surface area (Å²) < 4.78 is 45.5. The van der Waals surface area contributed by atoms with Gasteiger partial charge >= 0.3 is 12.3 Å². The Hall–Kier alpha value is -1.72. The number of alkyl halides is 3. The third-order valence-corrected chi connectivity index (χ3v) is 2.31. The minimum atomic E-state index is -4.75. The maximum Gasteiger partial charge on any atom is 0.573 e. The highest BCUT2D eigenvalue weighted by atomic mass is 19.4. The van der Waals surface area contributed by atoms with E-state index in [-0.39, 0.29) is 11.3 Å². The molecule has 3 nitrogen and oxygen atoms in total. The molecule has 0 saturated carbocycles. The van der Waals surface area contributed by atoms with Gasteiger partial charge in [0.15, 0.2) is 0 Å². The van der Waals surface area contributed by atoms with Gasteiger partial charge in [-0.2, -0.15) is 0 Å². The number of hydrogen-bond donors (Lipinski definition) is 0. The Bertz CT molecular complexity index is 487. The van der Waals surface area contributed by atoms with Crippen LogP contribution in [0.15, 0.2) is 18.2 Å². The summed E-state index contributed by atoms with van der Waals surface area (Å²) in [5, 5.41) is 0. The van der Waals surface area contributed by atoms with Crippen molar-refractivity contribution in [1.82, 2.24) is 0 Å². The Morgan fingerprint density at radius 3 is 2.25 bits per heavy atom. The van der Waals surface area contributed by atoms with Gasteiger partial charge in [-0.05, 0) is 51.0 Å². The molecule has 20 heavy (non-hydrogen) atoms. The van der Waals surface area contributed by atoms with Crippen molar-refractivity contribution in [3.8, 4) is 5.75 Å². The summed E-state index contributed by atoms with van der Waals surface area (Å²) in [6.45, 7) is 6.90. The monoisotopic (exact) mass is 290 g/mol. The molecule has 0 aliphatic heterocycles. The first-order valence-corrected chi connectivity index (χ1v) is 6.14. The average molecular weight is 290 g/mol. The lowest BCUT2D eigenvalue weighted by molar-refractivity contribution is -0.274. The van der Waals surface area contributed by atoms with Crippen LogP contribution in [0.5, 0.6) is 5.75 Å². The van der Waals surface area contributed by atoms with E-state index in [1.54, 1.807) is 27.7 Å². The molecule has 0 aliphatic rings. The van der Waals surface area contributed by atoms with E-state index in [0.29, 0.717) is 12.0 Å². The van der Waals surface area contributed by atoms with Crippen LogP contribution in [0.25, 0.3) is 0 Å². The van der Waals surface area contributed by atoms with Gasteiger partial charge in [0.05, 0.1) is 5.56 Å². The molecule has 0 aromatic heterocycles. The largest absolute Gasteiger partial charge is 0.573 e. The van der Waals surface area contributed by atoms with Gasteiger partial charge in [0, 0.05) is 0 Å². The van der Waals surface area contributed by atoms with Crippen molar-refractivity contribution in [3.05, 3.63) is 29.3 Å². The number of esters is 1. The van der Waals surface area contributed by atoms with Crippen molar-refractivity contribution in [2.45, 2.75) is 46.1 Å². The van der Waals surface area contributed by atoms with Crippen molar-refractivity contribution in [2.24, 2.45) is 0 Å². The van der Waals surface area contributed by atoms with E-state index in [1.165, 1.54) is 12.1 Å². The van der Waals surface area contributed by atoms with Crippen LogP contribution < -0.4 is 4.74 Å². The fraction of sp³-hybridized carbons (Fsp3) is 0.500. The predicted octanol–water partition coefficient (Wildman–Crippen LogP) is 4.10. The quantitative estimate of drug-likeness (QED) is 0.786. The molecule has 0 N–H and O–H groups in total. The van der Waals surface area contributed by atoms with Gasteiger partial charge in [-0.25, -0.2) is 4.79 Å². The second-order valence-corrected chi connectivity index (χ2v) is 5.22. The van der Waals surface area contributed by atoms with Gasteiger partial charge < -0.3 is 9.47 Å². The number of rotatable bonds is 3. The highest BCUT2D eigenvalue weighted by molar-refractivity contribution is 5.91. The number of benzene rings is 1. The van der Waals surface area contributed by atoms with E-state index < -0.39 is 17.9 Å². The SMILES string of the molecule is CCc1cc(OC(F)(F)F)ccc1C(=O)OC(C)(C)C. The number of carbonyl (C=O) groups is 1. The summed E-state index contributed by atoms with van der Waals surface area (Å²) >= 11 is 0. The van der Waals surface area contributed by atoms with E-state index in [1.807, 2.05) is 0 Å². The molecule has 0 bridgehead atoms. The molecule has 0 atom stereocenters. The predicted molar refractivity (Wildman–Crippen MR) is 67.7 cm³/mol. The number of ether oxygens (including phenoxy) is 2. The molecule has 0 unspecified atom stereocenters. The molecule has 0 aliphatic carbocycles. The second kappa shape index (κ2) is 5.73. The minimum Gasteiger partial charge on any atom is -0.456 e. The van der Waals surface area contributed by atoms with Gasteiger partial charge in [-0.15, -0.1) is 13.2 Å².